The summed E-state index contributed by atoms with van der Waals surface area (Å²) in [7, 11) is 0. The maximum absolute atomic E-state index is 11.9. The zero-order valence-electron chi connectivity index (χ0n) is 10.3. The van der Waals surface area contributed by atoms with E-state index in [1.165, 1.54) is 24.3 Å². The molecule has 1 aromatic carbocycles. The lowest BCUT2D eigenvalue weighted by atomic mass is 10.1. The number of carbonyl (C=O) groups excluding carboxylic acids is 1. The summed E-state index contributed by atoms with van der Waals surface area (Å²) in [5, 5.41) is 22.0. The van der Waals surface area contributed by atoms with Gasteiger partial charge in [0.25, 0.3) is 6.43 Å². The fourth-order valence-corrected chi connectivity index (χ4v) is 1.45. The first-order valence-electron chi connectivity index (χ1n) is 5.71. The molecule has 0 spiro atoms. The van der Waals surface area contributed by atoms with E-state index < -0.39 is 31.0 Å². The fourth-order valence-electron chi connectivity index (χ4n) is 1.45. The number of carbonyl (C=O) groups is 2. The summed E-state index contributed by atoms with van der Waals surface area (Å²) in [6.45, 7) is -0.850. The minimum Gasteiger partial charge on any atom is -0.508 e. The van der Waals surface area contributed by atoms with Gasteiger partial charge in [0.05, 0.1) is 6.54 Å². The van der Waals surface area contributed by atoms with Gasteiger partial charge in [-0.15, -0.1) is 0 Å². The molecule has 6 nitrogen and oxygen atoms in total. The maximum Gasteiger partial charge on any atom is 0.326 e. The number of carboxylic acids is 1. The number of phenolic OH excluding ortho intramolecular Hbond substituents is 1. The highest BCUT2D eigenvalue weighted by Crippen LogP contribution is 2.11. The van der Waals surface area contributed by atoms with Gasteiger partial charge in [-0.2, -0.15) is 0 Å². The quantitative estimate of drug-likeness (QED) is 0.626. The van der Waals surface area contributed by atoms with Crippen molar-refractivity contribution in [2.24, 2.45) is 0 Å². The van der Waals surface area contributed by atoms with Gasteiger partial charge in [-0.1, -0.05) is 12.1 Å². The lowest BCUT2D eigenvalue weighted by molar-refractivity contribution is -0.139. The van der Waals surface area contributed by atoms with Crippen LogP contribution in [-0.4, -0.2) is 41.2 Å². The van der Waals surface area contributed by atoms with Gasteiger partial charge < -0.3 is 20.8 Å². The predicted octanol–water partition coefficient (Wildman–Crippen LogP) is 0.952. The van der Waals surface area contributed by atoms with Crippen molar-refractivity contribution in [2.45, 2.75) is 18.9 Å². The largest absolute Gasteiger partial charge is 0.508 e. The molecule has 0 aliphatic rings. The van der Waals surface area contributed by atoms with E-state index >= 15 is 0 Å². The van der Waals surface area contributed by atoms with Crippen LogP contribution in [0.25, 0.3) is 0 Å². The molecule has 0 saturated carbocycles. The number of aliphatic carboxylic acids is 1. The number of halogens is 2. The van der Waals surface area contributed by atoms with E-state index in [1.807, 2.05) is 5.32 Å². The zero-order valence-corrected chi connectivity index (χ0v) is 10.3. The molecular weight excluding hydrogens is 274 g/mol. The third-order valence-electron chi connectivity index (χ3n) is 2.40. The van der Waals surface area contributed by atoms with Gasteiger partial charge in [-0.05, 0) is 17.7 Å². The number of aromatic hydroxyl groups is 1. The molecule has 4 N–H and O–H groups in total. The molecule has 1 atom stereocenters. The van der Waals surface area contributed by atoms with Crippen molar-refractivity contribution in [3.63, 3.8) is 0 Å². The smallest absolute Gasteiger partial charge is 0.326 e. The topological polar surface area (TPSA) is 98.7 Å². The minimum absolute atomic E-state index is 0.0300. The van der Waals surface area contributed by atoms with E-state index in [1.54, 1.807) is 0 Å². The Morgan fingerprint density at radius 3 is 2.30 bits per heavy atom. The summed E-state index contributed by atoms with van der Waals surface area (Å²) >= 11 is 0. The first-order chi connectivity index (χ1) is 9.38. The third-order valence-corrected chi connectivity index (χ3v) is 2.40. The number of phenols is 1. The van der Waals surface area contributed by atoms with Crippen LogP contribution in [0.5, 0.6) is 5.75 Å². The van der Waals surface area contributed by atoms with Crippen LogP contribution in [0.4, 0.5) is 13.6 Å². The second kappa shape index (κ2) is 7.27. The van der Waals surface area contributed by atoms with Crippen molar-refractivity contribution < 1.29 is 28.6 Å². The average Bonchev–Trinajstić information content (AvgIpc) is 2.38. The van der Waals surface area contributed by atoms with Gasteiger partial charge in [0, 0.05) is 6.42 Å². The molecule has 0 radical (unpaired) electrons. The monoisotopic (exact) mass is 288 g/mol. The van der Waals surface area contributed by atoms with Crippen LogP contribution < -0.4 is 10.6 Å². The number of benzene rings is 1. The Labute approximate surface area is 113 Å². The molecule has 0 saturated heterocycles. The molecule has 0 aliphatic carbocycles. The molecule has 2 amide bonds. The van der Waals surface area contributed by atoms with Gasteiger partial charge in [-0.25, -0.2) is 18.4 Å². The normalized spacial score (nSPS) is 11.9. The Hall–Kier alpha value is -2.38. The highest BCUT2D eigenvalue weighted by Gasteiger charge is 2.20. The Kier molecular flexibility index (Phi) is 5.70. The number of hydrogen-bond acceptors (Lipinski definition) is 3. The standard InChI is InChI=1S/C12H14F2N2O4/c13-10(14)6-15-12(20)16-9(11(18)19)5-7-1-3-8(17)4-2-7/h1-4,9-10,17H,5-6H2,(H,18,19)(H2,15,16,20)/t9-/m0/s1. The van der Waals surface area contributed by atoms with E-state index in [0.29, 0.717) is 5.56 Å². The lowest BCUT2D eigenvalue weighted by Crippen LogP contribution is -2.48. The lowest BCUT2D eigenvalue weighted by Gasteiger charge is -2.15. The number of hydrogen-bond donors (Lipinski definition) is 4. The summed E-state index contributed by atoms with van der Waals surface area (Å²) < 4.78 is 23.8. The predicted molar refractivity (Wildman–Crippen MR) is 65.8 cm³/mol. The first kappa shape index (κ1) is 15.7. The molecule has 1 rings (SSSR count). The average molecular weight is 288 g/mol. The van der Waals surface area contributed by atoms with Gasteiger partial charge in [0.1, 0.15) is 11.8 Å². The summed E-state index contributed by atoms with van der Waals surface area (Å²) in [6.07, 6.45) is -2.74. The third kappa shape index (κ3) is 5.51. The summed E-state index contributed by atoms with van der Waals surface area (Å²) in [5.74, 6) is -1.26. The van der Waals surface area contributed by atoms with Crippen molar-refractivity contribution in [3.05, 3.63) is 29.8 Å². The molecule has 0 heterocycles. The zero-order chi connectivity index (χ0) is 15.1. The number of urea groups is 1. The number of rotatable bonds is 6. The Bertz CT molecular complexity index is 465. The molecular formula is C12H14F2N2O4. The maximum atomic E-state index is 11.9. The van der Waals surface area contributed by atoms with Gasteiger partial charge >= 0.3 is 12.0 Å². The molecule has 110 valence electrons. The highest BCUT2D eigenvalue weighted by molar-refractivity contribution is 5.82. The number of nitrogens with one attached hydrogen (secondary N) is 2. The van der Waals surface area contributed by atoms with Crippen molar-refractivity contribution in [2.75, 3.05) is 6.54 Å². The van der Waals surface area contributed by atoms with Crippen LogP contribution >= 0.6 is 0 Å². The minimum atomic E-state index is -2.71. The van der Waals surface area contributed by atoms with E-state index in [4.69, 9.17) is 10.2 Å². The highest BCUT2D eigenvalue weighted by atomic mass is 19.3. The van der Waals surface area contributed by atoms with Crippen molar-refractivity contribution in [1.82, 2.24) is 10.6 Å². The molecule has 20 heavy (non-hydrogen) atoms. The van der Waals surface area contributed by atoms with Crippen molar-refractivity contribution in [3.8, 4) is 5.75 Å². The van der Waals surface area contributed by atoms with Crippen LogP contribution in [-0.2, 0) is 11.2 Å². The van der Waals surface area contributed by atoms with Gasteiger partial charge in [-0.3, -0.25) is 0 Å². The number of carboxylic acid groups (broad SMARTS) is 1. The SMILES string of the molecule is O=C(NCC(F)F)N[C@@H](Cc1ccc(O)cc1)C(=O)O. The molecule has 0 fully saturated rings. The van der Waals surface area contributed by atoms with E-state index in [2.05, 4.69) is 5.32 Å². The van der Waals surface area contributed by atoms with Crippen LogP contribution in [0.3, 0.4) is 0 Å². The van der Waals surface area contributed by atoms with Crippen LogP contribution in [0.2, 0.25) is 0 Å². The van der Waals surface area contributed by atoms with Crippen molar-refractivity contribution in [1.29, 1.82) is 0 Å². The summed E-state index contributed by atoms with van der Waals surface area (Å²) in [6, 6.07) is 3.54. The Morgan fingerprint density at radius 2 is 1.80 bits per heavy atom. The number of amides is 2. The van der Waals surface area contributed by atoms with Gasteiger partial charge in [0.15, 0.2) is 0 Å². The van der Waals surface area contributed by atoms with Crippen molar-refractivity contribution >= 4 is 12.0 Å². The molecule has 0 aliphatic heterocycles. The second-order valence-corrected chi connectivity index (χ2v) is 4.01. The van der Waals surface area contributed by atoms with E-state index in [-0.39, 0.29) is 12.2 Å². The molecule has 0 bridgehead atoms. The fraction of sp³-hybridized carbons (Fsp3) is 0.333. The van der Waals surface area contributed by atoms with Crippen LogP contribution in [0.15, 0.2) is 24.3 Å². The first-order valence-corrected chi connectivity index (χ1v) is 5.71. The summed E-state index contributed by atoms with van der Waals surface area (Å²) in [5.41, 5.74) is 0.573. The molecule has 8 heteroatoms. The molecule has 0 aromatic heterocycles. The second-order valence-electron chi connectivity index (χ2n) is 4.01. The Morgan fingerprint density at radius 1 is 1.20 bits per heavy atom. The van der Waals surface area contributed by atoms with Gasteiger partial charge in [0.2, 0.25) is 0 Å². The Balaban J connectivity index is 2.58. The molecule has 1 aromatic rings. The summed E-state index contributed by atoms with van der Waals surface area (Å²) in [4.78, 5) is 22.3. The number of alkyl halides is 2. The molecule has 0 unspecified atom stereocenters. The van der Waals surface area contributed by atoms with E-state index in [0.717, 1.165) is 0 Å². The van der Waals surface area contributed by atoms with Crippen LogP contribution in [0.1, 0.15) is 5.56 Å². The van der Waals surface area contributed by atoms with Crippen LogP contribution in [0, 0.1) is 0 Å². The van der Waals surface area contributed by atoms with E-state index in [9.17, 15) is 18.4 Å².